The topological polar surface area (TPSA) is 52.2 Å². The van der Waals surface area contributed by atoms with Gasteiger partial charge in [-0.1, -0.05) is 0 Å². The maximum Gasteiger partial charge on any atom is 0.254 e. The fraction of sp³-hybridized carbons (Fsp3) is 0.600. The van der Waals surface area contributed by atoms with Crippen LogP contribution in [0.4, 0.5) is 10.1 Å². The summed E-state index contributed by atoms with van der Waals surface area (Å²) in [6.07, 6.45) is 10.0. The Balaban J connectivity index is 1.07. The summed E-state index contributed by atoms with van der Waals surface area (Å²) in [7, 11) is 0. The molecule has 3 fully saturated rings. The molecular weight excluding hydrogens is 391 g/mol. The number of H-pyrrole nitrogens is 1. The molecule has 1 aromatic heterocycles. The van der Waals surface area contributed by atoms with Crippen molar-refractivity contribution in [3.63, 3.8) is 0 Å². The van der Waals surface area contributed by atoms with Crippen molar-refractivity contribution in [3.8, 4) is 0 Å². The number of piperazine rings is 1. The average Bonchev–Trinajstić information content (AvgIpc) is 3.48. The van der Waals surface area contributed by atoms with Gasteiger partial charge in [0, 0.05) is 42.8 Å². The minimum atomic E-state index is -0.175. The summed E-state index contributed by atoms with van der Waals surface area (Å²) in [5.41, 5.74) is 3.70. The smallest absolute Gasteiger partial charge is 0.254 e. The van der Waals surface area contributed by atoms with Gasteiger partial charge < -0.3 is 9.88 Å². The van der Waals surface area contributed by atoms with E-state index in [-0.39, 0.29) is 11.4 Å². The lowest BCUT2D eigenvalue weighted by molar-refractivity contribution is 0.167. The number of anilines is 1. The molecule has 2 saturated heterocycles. The van der Waals surface area contributed by atoms with Crippen molar-refractivity contribution in [2.75, 3.05) is 24.5 Å². The van der Waals surface area contributed by atoms with Gasteiger partial charge in [0.05, 0.1) is 5.69 Å². The second kappa shape index (κ2) is 7.44. The molecule has 164 valence electrons. The van der Waals surface area contributed by atoms with E-state index in [4.69, 9.17) is 4.98 Å². The summed E-state index contributed by atoms with van der Waals surface area (Å²) in [6.45, 7) is 3.08. The molecule has 1 saturated carbocycles. The van der Waals surface area contributed by atoms with Gasteiger partial charge in [-0.15, -0.1) is 0 Å². The fourth-order valence-corrected chi connectivity index (χ4v) is 6.20. The van der Waals surface area contributed by atoms with E-state index in [0.717, 1.165) is 68.1 Å². The van der Waals surface area contributed by atoms with E-state index in [1.54, 1.807) is 12.1 Å². The van der Waals surface area contributed by atoms with Crippen LogP contribution in [0.3, 0.4) is 0 Å². The van der Waals surface area contributed by atoms with Crippen molar-refractivity contribution in [2.45, 2.75) is 69.9 Å². The van der Waals surface area contributed by atoms with Crippen molar-refractivity contribution >= 4 is 5.69 Å². The lowest BCUT2D eigenvalue weighted by atomic mass is 9.84. The first-order valence-corrected chi connectivity index (χ1v) is 12.0. The number of aromatic nitrogens is 2. The largest absolute Gasteiger partial charge is 0.368 e. The zero-order valence-electron chi connectivity index (χ0n) is 18.1. The highest BCUT2D eigenvalue weighted by atomic mass is 19.1. The van der Waals surface area contributed by atoms with Crippen molar-refractivity contribution in [2.24, 2.45) is 5.41 Å². The van der Waals surface area contributed by atoms with Gasteiger partial charge >= 0.3 is 0 Å². The van der Waals surface area contributed by atoms with Crippen molar-refractivity contribution < 1.29 is 4.39 Å². The number of benzene rings is 1. The number of hydrogen-bond acceptors (Lipinski definition) is 4. The quantitative estimate of drug-likeness (QED) is 0.802. The molecule has 31 heavy (non-hydrogen) atoms. The molecule has 2 unspecified atom stereocenters. The van der Waals surface area contributed by atoms with E-state index >= 15 is 0 Å². The minimum Gasteiger partial charge on any atom is -0.368 e. The number of rotatable bonds is 5. The van der Waals surface area contributed by atoms with E-state index in [1.807, 2.05) is 12.1 Å². The molecule has 6 rings (SSSR count). The standard InChI is InChI=1S/C25H31FN4O/c26-17-3-5-18(6-4-17)29-15-19-7-8-20(16-29)30(19)13-1-2-23-27-22-9-10-25(11-12-25)14-21(22)24(31)28-23/h3-6,19-20H,1-2,7-16H2,(H,27,28,31). The fourth-order valence-electron chi connectivity index (χ4n) is 6.20. The van der Waals surface area contributed by atoms with E-state index < -0.39 is 0 Å². The van der Waals surface area contributed by atoms with Crippen molar-refractivity contribution in [3.05, 3.63) is 57.5 Å². The molecule has 1 spiro atoms. The Morgan fingerprint density at radius 2 is 1.84 bits per heavy atom. The molecular formula is C25H31FN4O. The van der Waals surface area contributed by atoms with Crippen LogP contribution in [0.1, 0.15) is 55.6 Å². The van der Waals surface area contributed by atoms with E-state index in [2.05, 4.69) is 14.8 Å². The lowest BCUT2D eigenvalue weighted by Crippen LogP contribution is -2.54. The first kappa shape index (κ1) is 19.5. The first-order valence-electron chi connectivity index (χ1n) is 12.0. The molecule has 6 heteroatoms. The average molecular weight is 423 g/mol. The van der Waals surface area contributed by atoms with Gasteiger partial charge in [-0.05, 0) is 87.6 Å². The number of hydrogen-bond donors (Lipinski definition) is 1. The summed E-state index contributed by atoms with van der Waals surface area (Å²) < 4.78 is 13.3. The molecule has 3 heterocycles. The van der Waals surface area contributed by atoms with Crippen LogP contribution in [0.5, 0.6) is 0 Å². The second-order valence-corrected chi connectivity index (χ2v) is 10.2. The van der Waals surface area contributed by atoms with Crippen LogP contribution in [-0.4, -0.2) is 46.6 Å². The van der Waals surface area contributed by atoms with Gasteiger partial charge in [-0.25, -0.2) is 9.37 Å². The van der Waals surface area contributed by atoms with Gasteiger partial charge in [-0.2, -0.15) is 0 Å². The maximum atomic E-state index is 13.3. The predicted molar refractivity (Wildman–Crippen MR) is 119 cm³/mol. The van der Waals surface area contributed by atoms with Gasteiger partial charge in [0.2, 0.25) is 0 Å². The van der Waals surface area contributed by atoms with Gasteiger partial charge in [-0.3, -0.25) is 9.69 Å². The highest BCUT2D eigenvalue weighted by Gasteiger charge is 2.45. The Labute approximate surface area is 182 Å². The van der Waals surface area contributed by atoms with E-state index in [1.165, 1.54) is 32.1 Å². The number of aryl methyl sites for hydroxylation is 2. The summed E-state index contributed by atoms with van der Waals surface area (Å²) in [5, 5.41) is 0. The molecule has 2 aliphatic heterocycles. The Kier molecular flexibility index (Phi) is 4.67. The van der Waals surface area contributed by atoms with Crippen LogP contribution in [-0.2, 0) is 19.3 Å². The van der Waals surface area contributed by atoms with Crippen LogP contribution >= 0.6 is 0 Å². The SMILES string of the molecule is O=c1[nH]c(CCCN2C3CCC2CN(c2ccc(F)cc2)C3)nc2c1CC1(CC2)CC1. The summed E-state index contributed by atoms with van der Waals surface area (Å²) in [5.74, 6) is 0.694. The summed E-state index contributed by atoms with van der Waals surface area (Å²) in [4.78, 5) is 25.6. The molecule has 2 aliphatic carbocycles. The van der Waals surface area contributed by atoms with E-state index in [0.29, 0.717) is 17.5 Å². The molecule has 4 aliphatic rings. The van der Waals surface area contributed by atoms with Crippen LogP contribution in [0.25, 0.3) is 0 Å². The molecule has 0 radical (unpaired) electrons. The van der Waals surface area contributed by atoms with Crippen molar-refractivity contribution in [1.29, 1.82) is 0 Å². The van der Waals surface area contributed by atoms with Crippen molar-refractivity contribution in [1.82, 2.24) is 14.9 Å². The highest BCUT2D eigenvalue weighted by molar-refractivity contribution is 5.47. The Hall–Kier alpha value is -2.21. The normalized spacial score (nSPS) is 26.3. The third-order valence-electron chi connectivity index (χ3n) is 8.21. The number of nitrogens with one attached hydrogen (secondary N) is 1. The summed E-state index contributed by atoms with van der Waals surface area (Å²) >= 11 is 0. The first-order chi connectivity index (χ1) is 15.1. The van der Waals surface area contributed by atoms with Crippen LogP contribution in [0.2, 0.25) is 0 Å². The Morgan fingerprint density at radius 3 is 2.55 bits per heavy atom. The van der Waals surface area contributed by atoms with Gasteiger partial charge in [0.15, 0.2) is 0 Å². The van der Waals surface area contributed by atoms with Gasteiger partial charge in [0.1, 0.15) is 11.6 Å². The molecule has 0 amide bonds. The highest BCUT2D eigenvalue weighted by Crippen LogP contribution is 2.53. The Morgan fingerprint density at radius 1 is 1.10 bits per heavy atom. The predicted octanol–water partition coefficient (Wildman–Crippen LogP) is 3.46. The number of nitrogens with zero attached hydrogens (tertiary/aromatic N) is 3. The van der Waals surface area contributed by atoms with E-state index in [9.17, 15) is 9.18 Å². The summed E-state index contributed by atoms with van der Waals surface area (Å²) in [6, 6.07) is 8.03. The van der Waals surface area contributed by atoms with Crippen LogP contribution in [0, 0.1) is 11.2 Å². The van der Waals surface area contributed by atoms with Gasteiger partial charge in [0.25, 0.3) is 5.56 Å². The zero-order valence-corrected chi connectivity index (χ0v) is 18.1. The number of aromatic amines is 1. The monoisotopic (exact) mass is 422 g/mol. The Bertz CT molecular complexity index is 1010. The minimum absolute atomic E-state index is 0.110. The molecule has 5 nitrogen and oxygen atoms in total. The maximum absolute atomic E-state index is 13.3. The van der Waals surface area contributed by atoms with Crippen LogP contribution in [0.15, 0.2) is 29.1 Å². The molecule has 1 N–H and O–H groups in total. The number of halogens is 1. The zero-order chi connectivity index (χ0) is 21.0. The molecule has 2 atom stereocenters. The second-order valence-electron chi connectivity index (χ2n) is 10.2. The third-order valence-corrected chi connectivity index (χ3v) is 8.21. The number of fused-ring (bicyclic) bond motifs is 3. The molecule has 1 aromatic carbocycles. The lowest BCUT2D eigenvalue weighted by Gasteiger charge is -2.42. The third kappa shape index (κ3) is 3.69. The molecule has 2 aromatic rings. The van der Waals surface area contributed by atoms with Crippen LogP contribution < -0.4 is 10.5 Å². The molecule has 2 bridgehead atoms.